The molecule has 0 N–H and O–H groups in total. The molecule has 0 unspecified atom stereocenters. The van der Waals surface area contributed by atoms with Crippen molar-refractivity contribution >= 4 is 54.8 Å². The van der Waals surface area contributed by atoms with E-state index in [1.807, 2.05) is 18.5 Å². The first kappa shape index (κ1) is 36.8. The highest BCUT2D eigenvalue weighted by Gasteiger charge is 2.24. The summed E-state index contributed by atoms with van der Waals surface area (Å²) in [6.07, 6.45) is 5.98. The van der Waals surface area contributed by atoms with Crippen LogP contribution in [0, 0.1) is 0 Å². The quantitative estimate of drug-likeness (QED) is 0.144. The second-order valence-corrected chi connectivity index (χ2v) is 17.3. The summed E-state index contributed by atoms with van der Waals surface area (Å²) in [5, 5.41) is 6.54. The van der Waals surface area contributed by atoms with Gasteiger partial charge in [0.15, 0.2) is 0 Å². The molecule has 0 radical (unpaired) electrons. The van der Waals surface area contributed by atoms with Gasteiger partial charge in [0, 0.05) is 38.9 Å². The van der Waals surface area contributed by atoms with Gasteiger partial charge in [0.2, 0.25) is 0 Å². The van der Waals surface area contributed by atoms with Crippen molar-refractivity contribution in [3.05, 3.63) is 150 Å². The second-order valence-electron chi connectivity index (χ2n) is 17.3. The van der Waals surface area contributed by atoms with E-state index < -0.39 is 0 Å². The number of pyridine rings is 3. The number of nitrogens with zero attached hydrogens (tertiary/aromatic N) is 5. The first-order chi connectivity index (χ1) is 28.6. The third kappa shape index (κ3) is 5.79. The number of imidazole rings is 2. The second kappa shape index (κ2) is 14.1. The van der Waals surface area contributed by atoms with Crippen LogP contribution in [0.3, 0.4) is 0 Å². The zero-order chi connectivity index (χ0) is 40.7. The average Bonchev–Trinajstić information content (AvgIpc) is 3.89. The zero-order valence-electron chi connectivity index (χ0n) is 35.1. The molecule has 5 aromatic heterocycles. The number of rotatable bonds is 8. The fraction of sp³-hybridized carbons (Fsp3) is 0.226. The number of fused-ring (bicyclic) bond motifs is 12. The highest BCUT2D eigenvalue weighted by Crippen LogP contribution is 2.43. The summed E-state index contributed by atoms with van der Waals surface area (Å²) < 4.78 is 11.4. The Balaban J connectivity index is 1.15. The molecule has 0 aliphatic heterocycles. The van der Waals surface area contributed by atoms with Crippen LogP contribution in [-0.2, 0) is 0 Å². The van der Waals surface area contributed by atoms with Crippen molar-refractivity contribution in [2.45, 2.75) is 79.1 Å². The average molecular weight is 772 g/mol. The van der Waals surface area contributed by atoms with E-state index in [1.165, 1.54) is 38.8 Å². The fourth-order valence-electron chi connectivity index (χ4n) is 9.42. The molecule has 0 bridgehead atoms. The minimum Gasteiger partial charge on any atom is -0.457 e. The Morgan fingerprint density at radius 2 is 0.864 bits per heavy atom. The summed E-state index contributed by atoms with van der Waals surface area (Å²) in [6, 6.07) is 39.1. The van der Waals surface area contributed by atoms with Gasteiger partial charge in [-0.3, -0.25) is 8.80 Å². The normalized spacial score (nSPS) is 12.3. The molecule has 0 saturated carbocycles. The van der Waals surface area contributed by atoms with Crippen molar-refractivity contribution in [1.82, 2.24) is 23.8 Å². The lowest BCUT2D eigenvalue weighted by molar-refractivity contribution is 0.484. The minimum atomic E-state index is 0.344. The lowest BCUT2D eigenvalue weighted by Crippen LogP contribution is -2.03. The van der Waals surface area contributed by atoms with Crippen LogP contribution in [0.2, 0.25) is 0 Å². The van der Waals surface area contributed by atoms with Crippen LogP contribution in [0.25, 0.3) is 77.3 Å². The van der Waals surface area contributed by atoms with E-state index >= 15 is 0 Å². The van der Waals surface area contributed by atoms with Crippen LogP contribution < -0.4 is 4.74 Å². The van der Waals surface area contributed by atoms with E-state index in [0.717, 1.165) is 72.3 Å². The number of benzene rings is 5. The molecule has 6 nitrogen and oxygen atoms in total. The molecule has 0 aliphatic rings. The van der Waals surface area contributed by atoms with E-state index in [-0.39, 0.29) is 0 Å². The maximum absolute atomic E-state index is 6.81. The van der Waals surface area contributed by atoms with Crippen molar-refractivity contribution < 1.29 is 4.74 Å². The van der Waals surface area contributed by atoms with Gasteiger partial charge in [-0.25, -0.2) is 15.0 Å². The number of ether oxygens (including phenoxy) is 1. The van der Waals surface area contributed by atoms with Gasteiger partial charge >= 0.3 is 0 Å². The SMILES string of the molecule is CC(C)c1cccc(C(C)C)c1-c1cnc2c3cc(Oc4ccc5c6cccnc6n6c(-c7c(C(C)C)cccc7C(C)C)cnc6c5c4)ccc3c3ccccc3n12. The lowest BCUT2D eigenvalue weighted by Gasteiger charge is -2.20. The molecular weight excluding hydrogens is 723 g/mol. The van der Waals surface area contributed by atoms with E-state index in [0.29, 0.717) is 23.7 Å². The van der Waals surface area contributed by atoms with Gasteiger partial charge in [0.25, 0.3) is 0 Å². The van der Waals surface area contributed by atoms with Crippen LogP contribution in [0.15, 0.2) is 128 Å². The largest absolute Gasteiger partial charge is 0.457 e. The summed E-state index contributed by atoms with van der Waals surface area (Å²) in [6.45, 7) is 18.2. The van der Waals surface area contributed by atoms with Gasteiger partial charge in [-0.1, -0.05) is 110 Å². The maximum Gasteiger partial charge on any atom is 0.146 e. The maximum atomic E-state index is 6.81. The molecule has 6 heteroatoms. The Morgan fingerprint density at radius 1 is 0.407 bits per heavy atom. The molecule has 0 atom stereocenters. The fourth-order valence-corrected chi connectivity index (χ4v) is 9.42. The standard InChI is InChI=1S/C53H49N5O/c1-30(2)36-15-11-16-37(31(3)4)49(36)47-28-55-52-44-26-34(21-23-40(44)42-14-9-10-20-46(42)57(47)52)59-35-22-24-41-43-19-13-25-54-51(43)58-48(29-56-53(58)45(41)27-35)50-38(32(5)6)17-12-18-39(50)33(7)8/h9-33H,1-8H3. The monoisotopic (exact) mass is 771 g/mol. The van der Waals surface area contributed by atoms with Gasteiger partial charge < -0.3 is 4.74 Å². The molecule has 0 aliphatic carbocycles. The third-order valence-electron chi connectivity index (χ3n) is 12.2. The molecule has 0 fully saturated rings. The Kier molecular flexibility index (Phi) is 8.78. The molecule has 59 heavy (non-hydrogen) atoms. The predicted octanol–water partition coefficient (Wildman–Crippen LogP) is 14.6. The van der Waals surface area contributed by atoms with Crippen LogP contribution in [0.4, 0.5) is 0 Å². The van der Waals surface area contributed by atoms with Gasteiger partial charge in [-0.15, -0.1) is 0 Å². The molecule has 10 aromatic rings. The summed E-state index contributed by atoms with van der Waals surface area (Å²) in [7, 11) is 0. The van der Waals surface area contributed by atoms with E-state index in [2.05, 4.69) is 174 Å². The minimum absolute atomic E-state index is 0.344. The first-order valence-electron chi connectivity index (χ1n) is 21.0. The Labute approximate surface area is 345 Å². The molecule has 0 saturated heterocycles. The summed E-state index contributed by atoms with van der Waals surface area (Å²) >= 11 is 0. The predicted molar refractivity (Wildman–Crippen MR) is 246 cm³/mol. The van der Waals surface area contributed by atoms with Crippen LogP contribution in [0.1, 0.15) is 101 Å². The highest BCUT2D eigenvalue weighted by molar-refractivity contribution is 6.13. The highest BCUT2D eigenvalue weighted by atomic mass is 16.5. The lowest BCUT2D eigenvalue weighted by atomic mass is 9.87. The first-order valence-corrected chi connectivity index (χ1v) is 21.0. The Hall–Kier alpha value is -6.53. The molecular formula is C53H49N5O. The Morgan fingerprint density at radius 3 is 1.41 bits per heavy atom. The molecule has 0 spiro atoms. The molecule has 5 heterocycles. The van der Waals surface area contributed by atoms with Crippen molar-refractivity contribution in [3.63, 3.8) is 0 Å². The van der Waals surface area contributed by atoms with Crippen molar-refractivity contribution in [2.24, 2.45) is 0 Å². The topological polar surface area (TPSA) is 56.7 Å². The number of hydrogen-bond donors (Lipinski definition) is 0. The van der Waals surface area contributed by atoms with Gasteiger partial charge in [-0.05, 0) is 111 Å². The summed E-state index contributed by atoms with van der Waals surface area (Å²) in [5.74, 6) is 2.90. The summed E-state index contributed by atoms with van der Waals surface area (Å²) in [4.78, 5) is 15.3. The van der Waals surface area contributed by atoms with E-state index in [4.69, 9.17) is 19.7 Å². The van der Waals surface area contributed by atoms with Crippen LogP contribution in [-0.4, -0.2) is 23.8 Å². The van der Waals surface area contributed by atoms with Gasteiger partial charge in [0.05, 0.1) is 29.3 Å². The van der Waals surface area contributed by atoms with Gasteiger partial charge in [0.1, 0.15) is 28.4 Å². The van der Waals surface area contributed by atoms with Crippen molar-refractivity contribution in [1.29, 1.82) is 0 Å². The number of para-hydroxylation sites is 1. The van der Waals surface area contributed by atoms with Crippen LogP contribution >= 0.6 is 0 Å². The van der Waals surface area contributed by atoms with Crippen molar-refractivity contribution in [2.75, 3.05) is 0 Å². The number of hydrogen-bond acceptors (Lipinski definition) is 4. The third-order valence-corrected chi connectivity index (χ3v) is 12.2. The zero-order valence-corrected chi connectivity index (χ0v) is 35.1. The molecule has 292 valence electrons. The smallest absolute Gasteiger partial charge is 0.146 e. The number of aromatic nitrogens is 5. The molecule has 0 amide bonds. The van der Waals surface area contributed by atoms with E-state index in [1.54, 1.807) is 0 Å². The van der Waals surface area contributed by atoms with Crippen molar-refractivity contribution in [3.8, 4) is 34.0 Å². The summed E-state index contributed by atoms with van der Waals surface area (Å²) in [5.41, 5.74) is 13.8. The molecule has 10 rings (SSSR count). The van der Waals surface area contributed by atoms with Gasteiger partial charge in [-0.2, -0.15) is 0 Å². The van der Waals surface area contributed by atoms with E-state index in [9.17, 15) is 0 Å². The molecule has 5 aromatic carbocycles. The van der Waals surface area contributed by atoms with Crippen LogP contribution in [0.5, 0.6) is 11.5 Å². The Bertz CT molecular complexity index is 3000.